The van der Waals surface area contributed by atoms with Crippen molar-refractivity contribution >= 4 is 5.82 Å². The fourth-order valence-corrected chi connectivity index (χ4v) is 5.61. The van der Waals surface area contributed by atoms with Crippen LogP contribution in [-0.4, -0.2) is 73.3 Å². The van der Waals surface area contributed by atoms with E-state index in [0.717, 1.165) is 87.4 Å². The zero-order chi connectivity index (χ0) is 25.5. The maximum absolute atomic E-state index is 14.2. The van der Waals surface area contributed by atoms with Gasteiger partial charge in [0.25, 0.3) is 0 Å². The minimum Gasteiger partial charge on any atom is -0.394 e. The van der Waals surface area contributed by atoms with Crippen molar-refractivity contribution in [2.45, 2.75) is 69.8 Å². The molecule has 1 aromatic heterocycles. The number of ether oxygens (including phenoxy) is 3. The highest BCUT2D eigenvalue weighted by molar-refractivity contribution is 5.47. The molecule has 0 saturated carbocycles. The van der Waals surface area contributed by atoms with Crippen molar-refractivity contribution in [2.75, 3.05) is 51.4 Å². The van der Waals surface area contributed by atoms with Crippen LogP contribution < -0.4 is 5.32 Å². The van der Waals surface area contributed by atoms with E-state index in [1.54, 1.807) is 12.1 Å². The van der Waals surface area contributed by atoms with E-state index in [1.165, 1.54) is 18.1 Å². The summed E-state index contributed by atoms with van der Waals surface area (Å²) in [7, 11) is 0. The maximum Gasteiger partial charge on any atom is 0.129 e. The second kappa shape index (κ2) is 13.1. The Balaban J connectivity index is 1.08. The normalized spacial score (nSPS) is 22.6. The number of aliphatic hydroxyl groups is 1. The number of nitrogens with one attached hydrogen (secondary N) is 1. The van der Waals surface area contributed by atoms with Crippen molar-refractivity contribution in [3.05, 3.63) is 58.5 Å². The van der Waals surface area contributed by atoms with Gasteiger partial charge in [-0.25, -0.2) is 9.37 Å². The van der Waals surface area contributed by atoms with Crippen LogP contribution in [0.25, 0.3) is 0 Å². The second-order valence-corrected chi connectivity index (χ2v) is 10.4. The lowest BCUT2D eigenvalue weighted by atomic mass is 9.99. The summed E-state index contributed by atoms with van der Waals surface area (Å²) in [6, 6.07) is 8.89. The van der Waals surface area contributed by atoms with Gasteiger partial charge in [0.05, 0.1) is 38.1 Å². The number of hydrogen-bond acceptors (Lipinski definition) is 7. The minimum absolute atomic E-state index is 0.0711. The largest absolute Gasteiger partial charge is 0.394 e. The maximum atomic E-state index is 14.2. The molecule has 0 aliphatic carbocycles. The molecule has 0 amide bonds. The first-order chi connectivity index (χ1) is 18.2. The molecule has 0 spiro atoms. The van der Waals surface area contributed by atoms with Crippen LogP contribution in [0.15, 0.2) is 30.3 Å². The van der Waals surface area contributed by atoms with E-state index in [9.17, 15) is 9.50 Å². The Morgan fingerprint density at radius 2 is 2.11 bits per heavy atom. The van der Waals surface area contributed by atoms with Gasteiger partial charge in [0.2, 0.25) is 0 Å². The highest BCUT2D eigenvalue weighted by atomic mass is 19.1. The smallest absolute Gasteiger partial charge is 0.129 e. The van der Waals surface area contributed by atoms with Crippen molar-refractivity contribution in [3.8, 4) is 0 Å². The molecule has 0 bridgehead atoms. The third kappa shape index (κ3) is 7.06. The fraction of sp³-hybridized carbons (Fsp3) is 0.621. The molecule has 8 heteroatoms. The van der Waals surface area contributed by atoms with Gasteiger partial charge in [-0.15, -0.1) is 0 Å². The van der Waals surface area contributed by atoms with E-state index < -0.39 is 0 Å². The molecule has 2 aromatic rings. The van der Waals surface area contributed by atoms with Crippen molar-refractivity contribution in [2.24, 2.45) is 0 Å². The van der Waals surface area contributed by atoms with Crippen LogP contribution in [0, 0.1) is 5.82 Å². The first-order valence-electron chi connectivity index (χ1n) is 13.9. The molecule has 202 valence electrons. The second-order valence-electron chi connectivity index (χ2n) is 10.4. The standard InChI is InChI=1S/C29H40FN3O4/c30-23-8-6-22(19-37-26-11-15-35-20-26)27(16-23)28(18-34)33-13-10-25(17-33)36-14-2-1-5-24-9-7-21-4-3-12-31-29(21)32-24/h6-9,16,25-26,28,34H,1-5,10-15,17-20H2,(H,31,32)/t25-,26-,28?/m1/s1. The number of pyridine rings is 1. The number of hydrogen-bond donors (Lipinski definition) is 2. The minimum atomic E-state index is -0.294. The van der Waals surface area contributed by atoms with Gasteiger partial charge in [0.15, 0.2) is 0 Å². The molecule has 1 unspecified atom stereocenters. The Hall–Kier alpha value is -2.10. The zero-order valence-electron chi connectivity index (χ0n) is 21.7. The highest BCUT2D eigenvalue weighted by Gasteiger charge is 2.31. The molecule has 3 atom stereocenters. The van der Waals surface area contributed by atoms with Crippen LogP contribution in [0.3, 0.4) is 0 Å². The Morgan fingerprint density at radius 3 is 2.97 bits per heavy atom. The number of fused-ring (bicyclic) bond motifs is 1. The lowest BCUT2D eigenvalue weighted by Crippen LogP contribution is -2.31. The van der Waals surface area contributed by atoms with Crippen LogP contribution in [0.4, 0.5) is 10.2 Å². The highest BCUT2D eigenvalue weighted by Crippen LogP contribution is 2.30. The van der Waals surface area contributed by atoms with Gasteiger partial charge in [-0.3, -0.25) is 4.90 Å². The zero-order valence-corrected chi connectivity index (χ0v) is 21.7. The molecule has 1 aromatic carbocycles. The van der Waals surface area contributed by atoms with E-state index in [4.69, 9.17) is 19.2 Å². The molecule has 7 nitrogen and oxygen atoms in total. The number of anilines is 1. The van der Waals surface area contributed by atoms with Gasteiger partial charge in [-0.1, -0.05) is 12.1 Å². The number of rotatable bonds is 12. The SMILES string of the molecule is OCC(c1cc(F)ccc1CO[C@@H]1CCOC1)N1CC[C@@H](OCCCCc2ccc3c(n2)NCCC3)C1. The molecule has 2 fully saturated rings. The summed E-state index contributed by atoms with van der Waals surface area (Å²) in [5.74, 6) is 0.766. The molecule has 0 radical (unpaired) electrons. The summed E-state index contributed by atoms with van der Waals surface area (Å²) in [6.45, 7) is 4.92. The van der Waals surface area contributed by atoms with Gasteiger partial charge >= 0.3 is 0 Å². The summed E-state index contributed by atoms with van der Waals surface area (Å²) >= 11 is 0. The van der Waals surface area contributed by atoms with Crippen LogP contribution in [0.2, 0.25) is 0 Å². The van der Waals surface area contributed by atoms with Crippen LogP contribution in [0.5, 0.6) is 0 Å². The molecular formula is C29H40FN3O4. The monoisotopic (exact) mass is 513 g/mol. The molecule has 2 saturated heterocycles. The number of benzene rings is 1. The van der Waals surface area contributed by atoms with E-state index in [0.29, 0.717) is 19.8 Å². The van der Waals surface area contributed by atoms with E-state index >= 15 is 0 Å². The Labute approximate surface area is 219 Å². The number of aryl methyl sites for hydroxylation is 2. The Bertz CT molecular complexity index is 1020. The van der Waals surface area contributed by atoms with Gasteiger partial charge in [0.1, 0.15) is 11.6 Å². The van der Waals surface area contributed by atoms with Gasteiger partial charge < -0.3 is 24.6 Å². The molecule has 4 heterocycles. The number of unbranched alkanes of at least 4 members (excludes halogenated alkanes) is 1. The van der Waals surface area contributed by atoms with Crippen LogP contribution in [0.1, 0.15) is 60.5 Å². The third-order valence-electron chi connectivity index (χ3n) is 7.75. The van der Waals surface area contributed by atoms with E-state index in [1.807, 2.05) is 0 Å². The van der Waals surface area contributed by atoms with E-state index in [-0.39, 0.29) is 30.7 Å². The van der Waals surface area contributed by atoms with Gasteiger partial charge in [0, 0.05) is 38.5 Å². The van der Waals surface area contributed by atoms with E-state index in [2.05, 4.69) is 22.3 Å². The molecule has 3 aliphatic rings. The quantitative estimate of drug-likeness (QED) is 0.415. The third-order valence-corrected chi connectivity index (χ3v) is 7.75. The molecule has 5 rings (SSSR count). The average molecular weight is 514 g/mol. The van der Waals surface area contributed by atoms with Crippen molar-refractivity contribution < 1.29 is 23.7 Å². The first-order valence-corrected chi connectivity index (χ1v) is 13.9. The summed E-state index contributed by atoms with van der Waals surface area (Å²) < 4.78 is 31.8. The summed E-state index contributed by atoms with van der Waals surface area (Å²) in [5.41, 5.74) is 4.18. The molecule has 37 heavy (non-hydrogen) atoms. The molecular weight excluding hydrogens is 473 g/mol. The number of aromatic nitrogens is 1. The molecule has 3 aliphatic heterocycles. The van der Waals surface area contributed by atoms with Crippen LogP contribution in [-0.2, 0) is 33.7 Å². The summed E-state index contributed by atoms with van der Waals surface area (Å²) in [4.78, 5) is 6.99. The number of likely N-dealkylation sites (tertiary alicyclic amines) is 1. The number of nitrogens with zero attached hydrogens (tertiary/aromatic N) is 2. The Kier molecular flexibility index (Phi) is 9.39. The average Bonchev–Trinajstić information content (AvgIpc) is 3.61. The van der Waals surface area contributed by atoms with Gasteiger partial charge in [-0.05, 0) is 79.8 Å². The van der Waals surface area contributed by atoms with Gasteiger partial charge in [-0.2, -0.15) is 0 Å². The lowest BCUT2D eigenvalue weighted by Gasteiger charge is -2.28. The van der Waals surface area contributed by atoms with Crippen molar-refractivity contribution in [1.82, 2.24) is 9.88 Å². The fourth-order valence-electron chi connectivity index (χ4n) is 5.61. The number of halogens is 1. The van der Waals surface area contributed by atoms with Crippen molar-refractivity contribution in [3.63, 3.8) is 0 Å². The first kappa shape index (κ1) is 26.5. The van der Waals surface area contributed by atoms with Crippen LogP contribution >= 0.6 is 0 Å². The topological polar surface area (TPSA) is 76.1 Å². The van der Waals surface area contributed by atoms with Crippen molar-refractivity contribution in [1.29, 1.82) is 0 Å². The molecule has 2 N–H and O–H groups in total. The summed E-state index contributed by atoms with van der Waals surface area (Å²) in [6.07, 6.45) is 7.28. The Morgan fingerprint density at radius 1 is 1.16 bits per heavy atom. The summed E-state index contributed by atoms with van der Waals surface area (Å²) in [5, 5.41) is 13.7. The predicted octanol–water partition coefficient (Wildman–Crippen LogP) is 4.03. The number of aliphatic hydroxyl groups excluding tert-OH is 1. The lowest BCUT2D eigenvalue weighted by molar-refractivity contribution is 0.0297. The predicted molar refractivity (Wildman–Crippen MR) is 140 cm³/mol.